The van der Waals surface area contributed by atoms with Gasteiger partial charge in [-0.05, 0) is 66.6 Å². The van der Waals surface area contributed by atoms with E-state index >= 15 is 0 Å². The Balaban J connectivity index is 1.47. The summed E-state index contributed by atoms with van der Waals surface area (Å²) >= 11 is 0. The number of benzene rings is 3. The highest BCUT2D eigenvalue weighted by molar-refractivity contribution is 5.96. The molecular formula is C33H38N2O5. The van der Waals surface area contributed by atoms with Gasteiger partial charge in [-0.15, -0.1) is 0 Å². The number of nitrogens with two attached hydrogens (primary N) is 1. The van der Waals surface area contributed by atoms with Crippen LogP contribution in [0.3, 0.4) is 0 Å². The molecule has 0 amide bonds. The highest BCUT2D eigenvalue weighted by atomic mass is 16.5. The topological polar surface area (TPSA) is 96.0 Å². The average molecular weight is 543 g/mol. The first-order valence-electron chi connectivity index (χ1n) is 14.1. The van der Waals surface area contributed by atoms with Gasteiger partial charge < -0.3 is 29.7 Å². The van der Waals surface area contributed by atoms with E-state index in [0.29, 0.717) is 30.6 Å². The number of rotatable bonds is 12. The van der Waals surface area contributed by atoms with E-state index in [1.54, 1.807) is 26.4 Å². The van der Waals surface area contributed by atoms with E-state index in [-0.39, 0.29) is 19.0 Å². The third-order valence-electron chi connectivity index (χ3n) is 7.60. The summed E-state index contributed by atoms with van der Waals surface area (Å²) in [5, 5.41) is 4.67. The van der Waals surface area contributed by atoms with E-state index in [2.05, 4.69) is 29.6 Å². The number of anilines is 1. The number of hydrogen-bond donors (Lipinski definition) is 2. The first-order valence-corrected chi connectivity index (χ1v) is 14.1. The number of hydrogen-bond acceptors (Lipinski definition) is 7. The molecule has 7 heteroatoms. The predicted octanol–water partition coefficient (Wildman–Crippen LogP) is 6.85. The molecule has 0 saturated heterocycles. The van der Waals surface area contributed by atoms with Gasteiger partial charge in [0.15, 0.2) is 5.58 Å². The Bertz CT molecular complexity index is 1450. The smallest absolute Gasteiger partial charge is 0.310 e. The summed E-state index contributed by atoms with van der Waals surface area (Å²) in [6.07, 6.45) is 7.02. The second kappa shape index (κ2) is 12.9. The van der Waals surface area contributed by atoms with Crippen LogP contribution in [0.2, 0.25) is 0 Å². The fourth-order valence-electron chi connectivity index (χ4n) is 5.41. The maximum absolute atomic E-state index is 12.2. The molecular weight excluding hydrogens is 504 g/mol. The molecule has 5 rings (SSSR count). The molecule has 3 aromatic carbocycles. The standard InChI is InChI=1S/C33H38N2O5/c1-3-38-32(36)16-25-11-12-28(37-2)17-31(25)39-20-27-21-40-33-29(27)14-26(24-10-6-9-23(13-24)18-34)15-30(33)35-19-22-7-4-5-8-22/h6,9-15,17,21-22,35H,3-5,7-8,16,18-20,34H2,1-2H3. The first kappa shape index (κ1) is 27.6. The molecule has 4 aromatic rings. The lowest BCUT2D eigenvalue weighted by Gasteiger charge is -2.15. The van der Waals surface area contributed by atoms with E-state index in [1.807, 2.05) is 24.3 Å². The molecule has 0 unspecified atom stereocenters. The molecule has 1 saturated carbocycles. The zero-order chi connectivity index (χ0) is 27.9. The summed E-state index contributed by atoms with van der Waals surface area (Å²) in [6.45, 7) is 3.81. The molecule has 40 heavy (non-hydrogen) atoms. The minimum Gasteiger partial charge on any atom is -0.497 e. The van der Waals surface area contributed by atoms with Crippen LogP contribution in [0.5, 0.6) is 11.5 Å². The van der Waals surface area contributed by atoms with Crippen molar-refractivity contribution in [3.63, 3.8) is 0 Å². The Morgan fingerprint density at radius 1 is 1.05 bits per heavy atom. The van der Waals surface area contributed by atoms with Crippen LogP contribution < -0.4 is 20.5 Å². The summed E-state index contributed by atoms with van der Waals surface area (Å²) < 4.78 is 23.0. The van der Waals surface area contributed by atoms with E-state index in [1.165, 1.54) is 25.7 Å². The van der Waals surface area contributed by atoms with Crippen LogP contribution in [0.1, 0.15) is 49.3 Å². The van der Waals surface area contributed by atoms with Crippen molar-refractivity contribution in [1.82, 2.24) is 0 Å². The molecule has 1 aliphatic rings. The lowest BCUT2D eigenvalue weighted by atomic mass is 9.99. The fraction of sp³-hybridized carbons (Fsp3) is 0.364. The highest BCUT2D eigenvalue weighted by Crippen LogP contribution is 2.36. The molecule has 0 bridgehead atoms. The minimum atomic E-state index is -0.298. The molecule has 1 fully saturated rings. The van der Waals surface area contributed by atoms with Gasteiger partial charge in [-0.1, -0.05) is 37.1 Å². The van der Waals surface area contributed by atoms with E-state index < -0.39 is 0 Å². The van der Waals surface area contributed by atoms with Crippen LogP contribution in [0.4, 0.5) is 5.69 Å². The third kappa shape index (κ3) is 6.42. The number of fused-ring (bicyclic) bond motifs is 1. The summed E-state index contributed by atoms with van der Waals surface area (Å²) in [4.78, 5) is 12.2. The van der Waals surface area contributed by atoms with Crippen LogP contribution in [0.25, 0.3) is 22.1 Å². The SMILES string of the molecule is CCOC(=O)Cc1ccc(OC)cc1OCc1coc2c(NCC3CCCC3)cc(-c3cccc(CN)c3)cc12. The number of furan rings is 1. The Morgan fingerprint density at radius 3 is 2.67 bits per heavy atom. The summed E-state index contributed by atoms with van der Waals surface area (Å²) in [5.74, 6) is 1.62. The monoisotopic (exact) mass is 542 g/mol. The number of esters is 1. The largest absolute Gasteiger partial charge is 0.497 e. The quantitative estimate of drug-likeness (QED) is 0.189. The van der Waals surface area contributed by atoms with Gasteiger partial charge in [-0.25, -0.2) is 0 Å². The second-order valence-corrected chi connectivity index (χ2v) is 10.3. The van der Waals surface area contributed by atoms with Gasteiger partial charge >= 0.3 is 5.97 Å². The van der Waals surface area contributed by atoms with Crippen molar-refractivity contribution in [3.05, 3.63) is 77.6 Å². The zero-order valence-electron chi connectivity index (χ0n) is 23.3. The predicted molar refractivity (Wildman–Crippen MR) is 158 cm³/mol. The fourth-order valence-corrected chi connectivity index (χ4v) is 5.41. The molecule has 3 N–H and O–H groups in total. The van der Waals surface area contributed by atoms with E-state index in [0.717, 1.165) is 51.0 Å². The van der Waals surface area contributed by atoms with Crippen molar-refractivity contribution in [3.8, 4) is 22.6 Å². The average Bonchev–Trinajstić information content (AvgIpc) is 3.65. The van der Waals surface area contributed by atoms with Crippen molar-refractivity contribution in [2.45, 2.75) is 52.2 Å². The number of nitrogens with one attached hydrogen (secondary N) is 1. The number of ether oxygens (including phenoxy) is 3. The Kier molecular flexibility index (Phi) is 8.91. The molecule has 0 spiro atoms. The van der Waals surface area contributed by atoms with E-state index in [4.69, 9.17) is 24.4 Å². The minimum absolute atomic E-state index is 0.121. The molecule has 7 nitrogen and oxygen atoms in total. The summed E-state index contributed by atoms with van der Waals surface area (Å²) in [5.41, 5.74) is 12.7. The number of methoxy groups -OCH3 is 1. The molecule has 1 heterocycles. The van der Waals surface area contributed by atoms with Crippen molar-refractivity contribution >= 4 is 22.6 Å². The molecule has 1 aliphatic carbocycles. The lowest BCUT2D eigenvalue weighted by Crippen LogP contribution is -2.11. The van der Waals surface area contributed by atoms with Crippen LogP contribution in [-0.4, -0.2) is 26.2 Å². The third-order valence-corrected chi connectivity index (χ3v) is 7.60. The van der Waals surface area contributed by atoms with Gasteiger partial charge in [0, 0.05) is 35.7 Å². The van der Waals surface area contributed by atoms with Crippen LogP contribution in [0, 0.1) is 5.92 Å². The molecule has 0 radical (unpaired) electrons. The number of carbonyl (C=O) groups is 1. The van der Waals surface area contributed by atoms with Gasteiger partial charge in [-0.3, -0.25) is 4.79 Å². The van der Waals surface area contributed by atoms with Crippen molar-refractivity contribution < 1.29 is 23.4 Å². The van der Waals surface area contributed by atoms with Crippen LogP contribution in [0.15, 0.2) is 65.3 Å². The molecule has 210 valence electrons. The van der Waals surface area contributed by atoms with Crippen molar-refractivity contribution in [2.24, 2.45) is 11.7 Å². The molecule has 0 aliphatic heterocycles. The summed E-state index contributed by atoms with van der Waals surface area (Å²) in [7, 11) is 1.61. The normalized spacial score (nSPS) is 13.5. The second-order valence-electron chi connectivity index (χ2n) is 10.3. The Morgan fingerprint density at radius 2 is 1.90 bits per heavy atom. The van der Waals surface area contributed by atoms with Crippen LogP contribution in [-0.2, 0) is 29.1 Å². The Hall–Kier alpha value is -3.97. The van der Waals surface area contributed by atoms with Crippen molar-refractivity contribution in [2.75, 3.05) is 25.6 Å². The van der Waals surface area contributed by atoms with Gasteiger partial charge in [0.05, 0.1) is 32.1 Å². The Labute approximate surface area is 235 Å². The van der Waals surface area contributed by atoms with Crippen LogP contribution >= 0.6 is 0 Å². The first-order chi connectivity index (χ1) is 19.6. The maximum Gasteiger partial charge on any atom is 0.310 e. The van der Waals surface area contributed by atoms with Gasteiger partial charge in [0.2, 0.25) is 0 Å². The van der Waals surface area contributed by atoms with Gasteiger partial charge in [0.1, 0.15) is 18.1 Å². The van der Waals surface area contributed by atoms with Crippen molar-refractivity contribution in [1.29, 1.82) is 0 Å². The number of carbonyl (C=O) groups excluding carboxylic acids is 1. The highest BCUT2D eigenvalue weighted by Gasteiger charge is 2.19. The summed E-state index contributed by atoms with van der Waals surface area (Å²) in [6, 6.07) is 18.1. The lowest BCUT2D eigenvalue weighted by molar-refractivity contribution is -0.142. The zero-order valence-corrected chi connectivity index (χ0v) is 23.3. The molecule has 1 aromatic heterocycles. The van der Waals surface area contributed by atoms with Gasteiger partial charge in [-0.2, -0.15) is 0 Å². The van der Waals surface area contributed by atoms with Gasteiger partial charge in [0.25, 0.3) is 0 Å². The maximum atomic E-state index is 12.2. The molecule has 0 atom stereocenters. The van der Waals surface area contributed by atoms with E-state index in [9.17, 15) is 4.79 Å².